The topological polar surface area (TPSA) is 68.2 Å². The molecule has 0 aliphatic carbocycles. The lowest BCUT2D eigenvalue weighted by Gasteiger charge is -2.42. The number of anilines is 2. The summed E-state index contributed by atoms with van der Waals surface area (Å²) in [5, 5.41) is 3.99. The molecule has 7 rings (SSSR count). The van der Waals surface area contributed by atoms with Crippen molar-refractivity contribution in [1.29, 1.82) is 0 Å². The van der Waals surface area contributed by atoms with Crippen molar-refractivity contribution in [3.8, 4) is 11.4 Å². The van der Waals surface area contributed by atoms with E-state index in [9.17, 15) is 0 Å². The maximum Gasteiger partial charge on any atom is 0.145 e. The van der Waals surface area contributed by atoms with Gasteiger partial charge in [-0.05, 0) is 52.0 Å². The second-order valence-corrected chi connectivity index (χ2v) is 12.1. The van der Waals surface area contributed by atoms with Crippen molar-refractivity contribution < 1.29 is 0 Å². The van der Waals surface area contributed by atoms with Gasteiger partial charge in [0.25, 0.3) is 0 Å². The van der Waals surface area contributed by atoms with Gasteiger partial charge >= 0.3 is 0 Å². The number of nitrogens with one attached hydrogen (secondary N) is 2. The molecular weight excluding hydrogens is 496 g/mol. The molecule has 2 unspecified atom stereocenters. The van der Waals surface area contributed by atoms with Crippen LogP contribution in [0, 0.1) is 0 Å². The number of likely N-dealkylation sites (N-methyl/N-ethyl adjacent to an activating group) is 1. The second-order valence-electron chi connectivity index (χ2n) is 12.1. The van der Waals surface area contributed by atoms with Crippen LogP contribution in [0.1, 0.15) is 39.3 Å². The molecule has 8 heteroatoms. The molecule has 0 amide bonds. The van der Waals surface area contributed by atoms with E-state index < -0.39 is 0 Å². The smallest absolute Gasteiger partial charge is 0.145 e. The maximum absolute atomic E-state index is 4.95. The molecule has 2 aromatic heterocycles. The molecule has 2 aromatic carbocycles. The number of allylic oxidation sites excluding steroid dienone is 2. The van der Waals surface area contributed by atoms with Crippen molar-refractivity contribution in [3.63, 3.8) is 0 Å². The molecule has 8 bridgehead atoms. The Morgan fingerprint density at radius 3 is 2.08 bits per heavy atom. The van der Waals surface area contributed by atoms with Crippen molar-refractivity contribution in [1.82, 2.24) is 29.7 Å². The molecule has 8 nitrogen and oxygen atoms in total. The number of hydrogen-bond donors (Lipinski definition) is 2. The fraction of sp³-hybridized carbons (Fsp3) is 0.312. The average Bonchev–Trinajstić information content (AvgIpc) is 3.74. The van der Waals surface area contributed by atoms with Gasteiger partial charge in [0, 0.05) is 49.3 Å². The van der Waals surface area contributed by atoms with Gasteiger partial charge in [-0.25, -0.2) is 9.97 Å². The highest BCUT2D eigenvalue weighted by Gasteiger charge is 2.48. The Morgan fingerprint density at radius 2 is 1.40 bits per heavy atom. The summed E-state index contributed by atoms with van der Waals surface area (Å²) < 4.78 is 2.19. The van der Waals surface area contributed by atoms with E-state index in [0.29, 0.717) is 0 Å². The molecule has 204 valence electrons. The van der Waals surface area contributed by atoms with E-state index >= 15 is 0 Å². The van der Waals surface area contributed by atoms with Gasteiger partial charge < -0.3 is 29.6 Å². The van der Waals surface area contributed by atoms with E-state index in [1.165, 1.54) is 5.70 Å². The summed E-state index contributed by atoms with van der Waals surface area (Å²) in [4.78, 5) is 20.7. The van der Waals surface area contributed by atoms with Crippen LogP contribution in [0.25, 0.3) is 11.4 Å². The van der Waals surface area contributed by atoms with Crippen molar-refractivity contribution in [2.45, 2.75) is 50.9 Å². The predicted octanol–water partition coefficient (Wildman–Crippen LogP) is 5.28. The third kappa shape index (κ3) is 3.44. The average molecular weight is 533 g/mol. The van der Waals surface area contributed by atoms with E-state index in [2.05, 4.69) is 144 Å². The molecule has 2 atom stereocenters. The molecule has 2 N–H and O–H groups in total. The Kier molecular flexibility index (Phi) is 5.23. The normalized spacial score (nSPS) is 22.5. The van der Waals surface area contributed by atoms with Crippen LogP contribution in [-0.4, -0.2) is 43.8 Å². The Balaban J connectivity index is 1.48. The fourth-order valence-electron chi connectivity index (χ4n) is 6.55. The van der Waals surface area contributed by atoms with Gasteiger partial charge in [-0.3, -0.25) is 0 Å². The number of H-pyrrole nitrogens is 1. The first-order chi connectivity index (χ1) is 19.2. The lowest BCUT2D eigenvalue weighted by molar-refractivity contribution is 0.246. The summed E-state index contributed by atoms with van der Waals surface area (Å²) in [5.74, 6) is 1.91. The molecule has 40 heavy (non-hydrogen) atoms. The predicted molar refractivity (Wildman–Crippen MR) is 159 cm³/mol. The SMILES string of the molecule is CN1C2=CN(c3ccccc3)C1C1NC(=CN1c1ccccc1)C(C)(C)c1ncc(n1C)-c1cnc([nH]1)C2(C)C. The fourth-order valence-corrected chi connectivity index (χ4v) is 6.55. The van der Waals surface area contributed by atoms with Crippen LogP contribution in [-0.2, 0) is 17.9 Å². The van der Waals surface area contributed by atoms with Crippen LogP contribution in [0.4, 0.5) is 11.4 Å². The standard InChI is InChI=1S/C32H36N8/c1-31(2)25-19-39(21-13-9-7-10-14-21)27(36-25)28-38(6)26(20-40(28)22-15-11-8-12-16-22)32(3,4)29-33-17-23(35-29)24-18-34-30(31)37(24)5/h7-20,27-28,36H,1-6H3,(H,33,35). The highest BCUT2D eigenvalue weighted by molar-refractivity contribution is 5.61. The molecule has 0 saturated carbocycles. The minimum absolute atomic E-state index is 0.0456. The summed E-state index contributed by atoms with van der Waals surface area (Å²) in [7, 11) is 4.30. The van der Waals surface area contributed by atoms with Crippen LogP contribution in [0.3, 0.4) is 0 Å². The van der Waals surface area contributed by atoms with Crippen LogP contribution >= 0.6 is 0 Å². The molecule has 0 saturated heterocycles. The lowest BCUT2D eigenvalue weighted by atomic mass is 9.87. The minimum atomic E-state index is -0.383. The molecule has 3 aliphatic heterocycles. The third-order valence-electron chi connectivity index (χ3n) is 8.89. The number of hydrogen-bond acceptors (Lipinski definition) is 6. The first kappa shape index (κ1) is 24.6. The van der Waals surface area contributed by atoms with E-state index in [-0.39, 0.29) is 23.2 Å². The highest BCUT2D eigenvalue weighted by atomic mass is 15.5. The summed E-state index contributed by atoms with van der Waals surface area (Å²) in [6.07, 6.45) is 8.35. The van der Waals surface area contributed by atoms with Gasteiger partial charge in [-0.2, -0.15) is 0 Å². The first-order valence-electron chi connectivity index (χ1n) is 13.9. The first-order valence-corrected chi connectivity index (χ1v) is 13.9. The van der Waals surface area contributed by atoms with Gasteiger partial charge in [-0.1, -0.05) is 36.4 Å². The molecule has 0 radical (unpaired) electrons. The molecule has 5 heterocycles. The summed E-state index contributed by atoms with van der Waals surface area (Å²) in [6.45, 7) is 8.98. The van der Waals surface area contributed by atoms with Crippen LogP contribution in [0.15, 0.2) is 96.9 Å². The molecule has 3 aliphatic rings. The number of fused-ring (bicyclic) bond motifs is 10. The lowest BCUT2D eigenvalue weighted by Crippen LogP contribution is -2.58. The Hall–Kier alpha value is -4.46. The largest absolute Gasteiger partial charge is 0.363 e. The van der Waals surface area contributed by atoms with E-state index in [0.717, 1.165) is 40.1 Å². The van der Waals surface area contributed by atoms with Crippen LogP contribution in [0.2, 0.25) is 0 Å². The summed E-state index contributed by atoms with van der Waals surface area (Å²) in [6, 6.07) is 21.3. The number of imidazole rings is 2. The zero-order valence-electron chi connectivity index (χ0n) is 23.9. The van der Waals surface area contributed by atoms with Gasteiger partial charge in [-0.15, -0.1) is 0 Å². The molecular formula is C32H36N8. The van der Waals surface area contributed by atoms with Gasteiger partial charge in [0.05, 0.1) is 34.6 Å². The minimum Gasteiger partial charge on any atom is -0.363 e. The van der Waals surface area contributed by atoms with Gasteiger partial charge in [0.15, 0.2) is 0 Å². The maximum atomic E-state index is 4.95. The number of rotatable bonds is 2. The second kappa shape index (κ2) is 8.52. The Labute approximate surface area is 235 Å². The number of aromatic amines is 1. The number of aromatic nitrogens is 4. The van der Waals surface area contributed by atoms with Crippen molar-refractivity contribution >= 4 is 11.4 Å². The highest BCUT2D eigenvalue weighted by Crippen LogP contribution is 2.44. The van der Waals surface area contributed by atoms with Crippen molar-refractivity contribution in [2.24, 2.45) is 7.05 Å². The van der Waals surface area contributed by atoms with Crippen molar-refractivity contribution in [3.05, 3.63) is 109 Å². The monoisotopic (exact) mass is 532 g/mol. The van der Waals surface area contributed by atoms with Gasteiger partial charge in [0.1, 0.15) is 24.0 Å². The van der Waals surface area contributed by atoms with E-state index in [1.54, 1.807) is 0 Å². The quantitative estimate of drug-likeness (QED) is 0.366. The Morgan fingerprint density at radius 1 is 0.750 bits per heavy atom. The molecule has 0 fully saturated rings. The van der Waals surface area contributed by atoms with Crippen LogP contribution < -0.4 is 15.1 Å². The van der Waals surface area contributed by atoms with Crippen LogP contribution in [0.5, 0.6) is 0 Å². The summed E-state index contributed by atoms with van der Waals surface area (Å²) in [5.41, 5.74) is 5.81. The zero-order chi connectivity index (χ0) is 27.8. The summed E-state index contributed by atoms with van der Waals surface area (Å²) >= 11 is 0. The number of nitrogens with zero attached hydrogens (tertiary/aromatic N) is 6. The third-order valence-corrected chi connectivity index (χ3v) is 8.89. The van der Waals surface area contributed by atoms with Gasteiger partial charge in [0.2, 0.25) is 0 Å². The zero-order valence-corrected chi connectivity index (χ0v) is 23.9. The Bertz CT molecular complexity index is 1630. The number of para-hydroxylation sites is 2. The van der Waals surface area contributed by atoms with Crippen molar-refractivity contribution in [2.75, 3.05) is 16.8 Å². The number of benzene rings is 2. The van der Waals surface area contributed by atoms with E-state index in [4.69, 9.17) is 9.97 Å². The molecule has 0 spiro atoms. The van der Waals surface area contributed by atoms with E-state index in [1.807, 2.05) is 12.4 Å². The molecule has 4 aromatic rings.